The summed E-state index contributed by atoms with van der Waals surface area (Å²) in [5.41, 5.74) is 2.06. The summed E-state index contributed by atoms with van der Waals surface area (Å²) >= 11 is 0. The van der Waals surface area contributed by atoms with Crippen LogP contribution in [0.4, 0.5) is 0 Å². The van der Waals surface area contributed by atoms with Gasteiger partial charge in [0.05, 0.1) is 12.9 Å². The Morgan fingerprint density at radius 1 is 1.14 bits per heavy atom. The molecule has 2 aromatic carbocycles. The van der Waals surface area contributed by atoms with Crippen molar-refractivity contribution >= 4 is 16.6 Å². The number of fused-ring (bicyclic) bond motifs is 1. The summed E-state index contributed by atoms with van der Waals surface area (Å²) in [5.74, 6) is 0.548. The molecule has 0 bridgehead atoms. The van der Waals surface area contributed by atoms with E-state index in [9.17, 15) is 4.79 Å². The Kier molecular flexibility index (Phi) is 3.57. The third-order valence-electron chi connectivity index (χ3n) is 3.77. The Labute approximate surface area is 124 Å². The second kappa shape index (κ2) is 5.52. The zero-order chi connectivity index (χ0) is 14.8. The summed E-state index contributed by atoms with van der Waals surface area (Å²) in [6, 6.07) is 12.2. The van der Waals surface area contributed by atoms with Gasteiger partial charge in [-0.25, -0.2) is 4.98 Å². The molecule has 0 aliphatic carbocycles. The van der Waals surface area contributed by atoms with Crippen LogP contribution in [0, 0.1) is 0 Å². The van der Waals surface area contributed by atoms with Gasteiger partial charge in [0.25, 0.3) is 0 Å². The average Bonchev–Trinajstić information content (AvgIpc) is 2.98. The van der Waals surface area contributed by atoms with Gasteiger partial charge in [0.15, 0.2) is 5.78 Å². The maximum Gasteiger partial charge on any atom is 0.183 e. The number of aromatic nitrogens is 2. The van der Waals surface area contributed by atoms with Gasteiger partial charge in [0.1, 0.15) is 0 Å². The third-order valence-corrected chi connectivity index (χ3v) is 3.77. The topological polar surface area (TPSA) is 34.9 Å². The summed E-state index contributed by atoms with van der Waals surface area (Å²) in [6.07, 6.45) is 5.17. The molecule has 0 fully saturated rings. The van der Waals surface area contributed by atoms with Crippen LogP contribution in [0.1, 0.15) is 35.7 Å². The van der Waals surface area contributed by atoms with Crippen molar-refractivity contribution in [3.63, 3.8) is 0 Å². The lowest BCUT2D eigenvalue weighted by Crippen LogP contribution is -2.10. The molecule has 0 N–H and O–H groups in total. The number of benzene rings is 2. The van der Waals surface area contributed by atoms with Crippen molar-refractivity contribution in [1.82, 2.24) is 9.55 Å². The van der Waals surface area contributed by atoms with Gasteiger partial charge in [-0.1, -0.05) is 50.2 Å². The van der Waals surface area contributed by atoms with Crippen LogP contribution in [0.15, 0.2) is 55.1 Å². The molecule has 0 atom stereocenters. The molecule has 3 heteroatoms. The summed E-state index contributed by atoms with van der Waals surface area (Å²) in [6.45, 7) is 4.68. The van der Waals surface area contributed by atoms with Crippen LogP contribution in [0.5, 0.6) is 0 Å². The van der Waals surface area contributed by atoms with Crippen LogP contribution in [0.25, 0.3) is 10.8 Å². The SMILES string of the molecule is CC(C)c1ccc(C(=O)Cn2ccnc2)c2ccccc12. The summed E-state index contributed by atoms with van der Waals surface area (Å²) in [4.78, 5) is 16.5. The Morgan fingerprint density at radius 2 is 1.90 bits per heavy atom. The lowest BCUT2D eigenvalue weighted by Gasteiger charge is -2.13. The van der Waals surface area contributed by atoms with E-state index >= 15 is 0 Å². The monoisotopic (exact) mass is 278 g/mol. The van der Waals surface area contributed by atoms with E-state index in [4.69, 9.17) is 0 Å². The van der Waals surface area contributed by atoms with Gasteiger partial charge < -0.3 is 4.57 Å². The van der Waals surface area contributed by atoms with E-state index in [0.29, 0.717) is 12.5 Å². The van der Waals surface area contributed by atoms with Crippen LogP contribution < -0.4 is 0 Å². The molecular formula is C18H18N2O. The van der Waals surface area contributed by atoms with Crippen molar-refractivity contribution in [2.45, 2.75) is 26.3 Å². The van der Waals surface area contributed by atoms with Crippen LogP contribution in [-0.2, 0) is 6.54 Å². The van der Waals surface area contributed by atoms with E-state index < -0.39 is 0 Å². The van der Waals surface area contributed by atoms with Crippen molar-refractivity contribution in [1.29, 1.82) is 0 Å². The minimum atomic E-state index is 0.111. The highest BCUT2D eigenvalue weighted by atomic mass is 16.1. The van der Waals surface area contributed by atoms with E-state index in [1.165, 1.54) is 10.9 Å². The molecule has 3 aromatic rings. The van der Waals surface area contributed by atoms with E-state index in [1.807, 2.05) is 30.5 Å². The third kappa shape index (κ3) is 2.59. The normalized spacial score (nSPS) is 11.2. The number of carbonyl (C=O) groups is 1. The second-order valence-electron chi connectivity index (χ2n) is 5.56. The molecule has 0 spiro atoms. The molecule has 21 heavy (non-hydrogen) atoms. The Balaban J connectivity index is 2.07. The number of imidazole rings is 1. The predicted octanol–water partition coefficient (Wildman–Crippen LogP) is 4.04. The Hall–Kier alpha value is -2.42. The molecule has 3 rings (SSSR count). The second-order valence-corrected chi connectivity index (χ2v) is 5.56. The van der Waals surface area contributed by atoms with E-state index in [2.05, 4.69) is 31.0 Å². The standard InChI is InChI=1S/C18H18N2O/c1-13(2)14-7-8-17(16-6-4-3-5-15(14)16)18(21)11-20-10-9-19-12-20/h3-10,12-13H,11H2,1-2H3. The number of hydrogen-bond donors (Lipinski definition) is 0. The highest BCUT2D eigenvalue weighted by Crippen LogP contribution is 2.28. The van der Waals surface area contributed by atoms with Gasteiger partial charge in [-0.05, 0) is 22.3 Å². The molecule has 0 amide bonds. The first-order valence-corrected chi connectivity index (χ1v) is 7.17. The molecular weight excluding hydrogens is 260 g/mol. The molecule has 0 saturated carbocycles. The largest absolute Gasteiger partial charge is 0.330 e. The molecule has 0 saturated heterocycles. The highest BCUT2D eigenvalue weighted by molar-refractivity contribution is 6.08. The molecule has 0 unspecified atom stereocenters. The zero-order valence-electron chi connectivity index (χ0n) is 12.3. The van der Waals surface area contributed by atoms with Gasteiger partial charge in [-0.15, -0.1) is 0 Å². The molecule has 0 aliphatic rings. The first-order valence-electron chi connectivity index (χ1n) is 7.17. The van der Waals surface area contributed by atoms with Crippen molar-refractivity contribution in [2.75, 3.05) is 0 Å². The van der Waals surface area contributed by atoms with E-state index in [-0.39, 0.29) is 5.78 Å². The van der Waals surface area contributed by atoms with Gasteiger partial charge >= 0.3 is 0 Å². The van der Waals surface area contributed by atoms with Gasteiger partial charge in [-0.2, -0.15) is 0 Å². The zero-order valence-corrected chi connectivity index (χ0v) is 12.3. The maximum atomic E-state index is 12.6. The van der Waals surface area contributed by atoms with Crippen LogP contribution >= 0.6 is 0 Å². The van der Waals surface area contributed by atoms with Crippen LogP contribution in [0.3, 0.4) is 0 Å². The number of carbonyl (C=O) groups excluding carboxylic acids is 1. The van der Waals surface area contributed by atoms with Crippen molar-refractivity contribution < 1.29 is 4.79 Å². The van der Waals surface area contributed by atoms with Crippen LogP contribution in [0.2, 0.25) is 0 Å². The summed E-state index contributed by atoms with van der Waals surface area (Å²) in [5, 5.41) is 2.21. The molecule has 0 aliphatic heterocycles. The summed E-state index contributed by atoms with van der Waals surface area (Å²) < 4.78 is 1.80. The van der Waals surface area contributed by atoms with Crippen molar-refractivity contribution in [3.8, 4) is 0 Å². The van der Waals surface area contributed by atoms with Gasteiger partial charge in [0.2, 0.25) is 0 Å². The van der Waals surface area contributed by atoms with Crippen molar-refractivity contribution in [2.24, 2.45) is 0 Å². The number of nitrogens with zero attached hydrogens (tertiary/aromatic N) is 2. The number of rotatable bonds is 4. The highest BCUT2D eigenvalue weighted by Gasteiger charge is 2.13. The lowest BCUT2D eigenvalue weighted by molar-refractivity contribution is 0.0973. The first-order chi connectivity index (χ1) is 10.2. The first kappa shape index (κ1) is 13.6. The fourth-order valence-corrected chi connectivity index (χ4v) is 2.70. The lowest BCUT2D eigenvalue weighted by atomic mass is 9.92. The fourth-order valence-electron chi connectivity index (χ4n) is 2.70. The number of hydrogen-bond acceptors (Lipinski definition) is 2. The van der Waals surface area contributed by atoms with Crippen molar-refractivity contribution in [3.05, 3.63) is 66.2 Å². The quantitative estimate of drug-likeness (QED) is 0.675. The maximum absolute atomic E-state index is 12.6. The predicted molar refractivity (Wildman–Crippen MR) is 84.6 cm³/mol. The Morgan fingerprint density at radius 3 is 2.57 bits per heavy atom. The number of ketones is 1. The number of Topliss-reactive ketones (excluding diaryl/α,β-unsaturated/α-hetero) is 1. The minimum absolute atomic E-state index is 0.111. The molecule has 0 radical (unpaired) electrons. The smallest absolute Gasteiger partial charge is 0.183 e. The van der Waals surface area contributed by atoms with Gasteiger partial charge in [0, 0.05) is 18.0 Å². The van der Waals surface area contributed by atoms with E-state index in [1.54, 1.807) is 17.1 Å². The molecule has 1 heterocycles. The summed E-state index contributed by atoms with van der Waals surface area (Å²) in [7, 11) is 0. The molecule has 1 aromatic heterocycles. The average molecular weight is 278 g/mol. The molecule has 3 nitrogen and oxygen atoms in total. The van der Waals surface area contributed by atoms with Crippen LogP contribution in [-0.4, -0.2) is 15.3 Å². The minimum Gasteiger partial charge on any atom is -0.330 e. The van der Waals surface area contributed by atoms with E-state index in [0.717, 1.165) is 10.9 Å². The Bertz CT molecular complexity index is 773. The molecule has 106 valence electrons. The fraction of sp³-hybridized carbons (Fsp3) is 0.222. The van der Waals surface area contributed by atoms with Gasteiger partial charge in [-0.3, -0.25) is 4.79 Å².